The molecule has 0 aliphatic heterocycles. The Morgan fingerprint density at radius 2 is 2.25 bits per heavy atom. The molecule has 0 amide bonds. The summed E-state index contributed by atoms with van der Waals surface area (Å²) in [7, 11) is -3.50. The summed E-state index contributed by atoms with van der Waals surface area (Å²) in [6.07, 6.45) is 0. The first-order valence-electron chi connectivity index (χ1n) is 5.85. The van der Waals surface area contributed by atoms with Crippen LogP contribution in [0.5, 0.6) is 5.75 Å². The van der Waals surface area contributed by atoms with Crippen molar-refractivity contribution in [1.29, 1.82) is 0 Å². The third-order valence-electron chi connectivity index (χ3n) is 2.79. The van der Waals surface area contributed by atoms with Gasteiger partial charge in [0.05, 0.1) is 25.7 Å². The van der Waals surface area contributed by atoms with Crippen molar-refractivity contribution in [1.82, 2.24) is 4.98 Å². The molecular formula is C12H12N2O3S3. The second-order valence-corrected chi connectivity index (χ2v) is 8.22. The molecule has 0 radical (unpaired) electrons. The van der Waals surface area contributed by atoms with Crippen LogP contribution in [-0.4, -0.2) is 25.8 Å². The van der Waals surface area contributed by atoms with Crippen LogP contribution in [0.2, 0.25) is 0 Å². The maximum Gasteiger partial charge on any atom is 0.212 e. The molecule has 0 unspecified atom stereocenters. The predicted octanol–water partition coefficient (Wildman–Crippen LogP) is 2.49. The van der Waals surface area contributed by atoms with E-state index >= 15 is 0 Å². The number of aromatic nitrogens is 1. The Balaban J connectivity index is 2.02. The van der Waals surface area contributed by atoms with Gasteiger partial charge in [0.25, 0.3) is 0 Å². The van der Waals surface area contributed by atoms with Gasteiger partial charge in [-0.05, 0) is 18.4 Å². The molecule has 2 heterocycles. The van der Waals surface area contributed by atoms with Crippen LogP contribution in [0.1, 0.15) is 5.01 Å². The lowest BCUT2D eigenvalue weighted by Crippen LogP contribution is -2.21. The van der Waals surface area contributed by atoms with Gasteiger partial charge >= 0.3 is 0 Å². The number of nitrogens with two attached hydrogens (primary N) is 1. The third-order valence-corrected chi connectivity index (χ3v) is 5.37. The Kier molecular flexibility index (Phi) is 3.41. The van der Waals surface area contributed by atoms with Gasteiger partial charge in [-0.1, -0.05) is 0 Å². The fraction of sp³-hybridized carbons (Fsp3) is 0.250. The molecule has 3 rings (SSSR count). The minimum absolute atomic E-state index is 0.0487. The lowest BCUT2D eigenvalue weighted by Gasteiger charge is -2.07. The van der Waals surface area contributed by atoms with E-state index in [1.807, 2.05) is 24.4 Å². The zero-order valence-corrected chi connectivity index (χ0v) is 13.1. The molecule has 0 saturated carbocycles. The second-order valence-electron chi connectivity index (χ2n) is 4.33. The first-order chi connectivity index (χ1) is 9.44. The first-order valence-corrected chi connectivity index (χ1v) is 9.26. The minimum Gasteiger partial charge on any atom is -0.492 e. The van der Waals surface area contributed by atoms with Gasteiger partial charge in [0, 0.05) is 11.5 Å². The topological polar surface area (TPSA) is 82.3 Å². The van der Waals surface area contributed by atoms with E-state index in [1.54, 1.807) is 22.7 Å². The molecule has 8 heteroatoms. The summed E-state index contributed by atoms with van der Waals surface area (Å²) in [5.74, 6) is 0.485. The SMILES string of the molecule is Cc1nc2c(cc(OCCS(N)(=O)=O)c3ccsc32)s1. The number of rotatable bonds is 4. The monoisotopic (exact) mass is 328 g/mol. The molecule has 0 saturated heterocycles. The molecule has 5 nitrogen and oxygen atoms in total. The molecule has 0 atom stereocenters. The number of primary sulfonamides is 1. The van der Waals surface area contributed by atoms with E-state index in [1.165, 1.54) is 0 Å². The molecule has 0 aliphatic carbocycles. The van der Waals surface area contributed by atoms with Gasteiger partial charge in [0.2, 0.25) is 10.0 Å². The van der Waals surface area contributed by atoms with Crippen LogP contribution < -0.4 is 9.88 Å². The number of nitrogens with zero attached hydrogens (tertiary/aromatic N) is 1. The van der Waals surface area contributed by atoms with Crippen molar-refractivity contribution in [3.05, 3.63) is 22.5 Å². The molecule has 0 bridgehead atoms. The largest absolute Gasteiger partial charge is 0.492 e. The van der Waals surface area contributed by atoms with Gasteiger partial charge in [-0.15, -0.1) is 22.7 Å². The Hall–Kier alpha value is -1.22. The number of hydrogen-bond acceptors (Lipinski definition) is 6. The maximum absolute atomic E-state index is 10.9. The first kappa shape index (κ1) is 13.7. The molecule has 3 aromatic rings. The van der Waals surface area contributed by atoms with E-state index in [9.17, 15) is 8.42 Å². The van der Waals surface area contributed by atoms with Gasteiger partial charge in [-0.3, -0.25) is 0 Å². The number of thiazole rings is 1. The summed E-state index contributed by atoms with van der Waals surface area (Å²) in [4.78, 5) is 4.53. The molecule has 1 aromatic carbocycles. The Bertz CT molecular complexity index is 880. The molecule has 0 fully saturated rings. The molecule has 0 spiro atoms. The van der Waals surface area contributed by atoms with Crippen molar-refractivity contribution < 1.29 is 13.2 Å². The van der Waals surface area contributed by atoms with Crippen LogP contribution >= 0.6 is 22.7 Å². The van der Waals surface area contributed by atoms with E-state index in [-0.39, 0.29) is 12.4 Å². The van der Waals surface area contributed by atoms with Gasteiger partial charge in [0.1, 0.15) is 12.4 Å². The van der Waals surface area contributed by atoms with Crippen molar-refractivity contribution in [2.45, 2.75) is 6.92 Å². The number of benzene rings is 1. The fourth-order valence-electron chi connectivity index (χ4n) is 1.97. The average Bonchev–Trinajstić information content (AvgIpc) is 2.92. The predicted molar refractivity (Wildman–Crippen MR) is 83.2 cm³/mol. The van der Waals surface area contributed by atoms with Crippen LogP contribution in [-0.2, 0) is 10.0 Å². The highest BCUT2D eigenvalue weighted by Gasteiger charge is 2.13. The maximum atomic E-state index is 10.9. The van der Waals surface area contributed by atoms with E-state index in [0.717, 1.165) is 25.3 Å². The molecule has 2 aromatic heterocycles. The standard InChI is InChI=1S/C12H12N2O3S3/c1-7-14-11-10(19-7)6-9(8-2-4-18-12(8)11)17-3-5-20(13,15)16/h2,4,6H,3,5H2,1H3,(H2,13,15,16). The van der Waals surface area contributed by atoms with Gasteiger partial charge < -0.3 is 4.74 Å². The number of fused-ring (bicyclic) bond motifs is 3. The highest BCUT2D eigenvalue weighted by atomic mass is 32.2. The normalized spacial score (nSPS) is 12.3. The third kappa shape index (κ3) is 2.64. The summed E-state index contributed by atoms with van der Waals surface area (Å²) >= 11 is 3.20. The van der Waals surface area contributed by atoms with E-state index in [4.69, 9.17) is 9.88 Å². The number of sulfonamides is 1. The number of thiophene rings is 1. The quantitative estimate of drug-likeness (QED) is 0.797. The van der Waals surface area contributed by atoms with Crippen LogP contribution in [0.4, 0.5) is 0 Å². The Morgan fingerprint density at radius 3 is 3.00 bits per heavy atom. The Labute approximate surface area is 124 Å². The van der Waals surface area contributed by atoms with E-state index in [2.05, 4.69) is 4.98 Å². The van der Waals surface area contributed by atoms with Crippen LogP contribution in [0.15, 0.2) is 17.5 Å². The number of ether oxygens (including phenoxy) is 1. The zero-order valence-electron chi connectivity index (χ0n) is 10.6. The zero-order chi connectivity index (χ0) is 14.3. The van der Waals surface area contributed by atoms with Crippen molar-refractivity contribution in [3.8, 4) is 5.75 Å². The van der Waals surface area contributed by atoms with Gasteiger partial charge in [0.15, 0.2) is 0 Å². The van der Waals surface area contributed by atoms with Crippen LogP contribution in [0.25, 0.3) is 20.3 Å². The van der Waals surface area contributed by atoms with Crippen molar-refractivity contribution in [2.75, 3.05) is 12.4 Å². The molecule has 2 N–H and O–H groups in total. The van der Waals surface area contributed by atoms with Crippen LogP contribution in [0.3, 0.4) is 0 Å². The van der Waals surface area contributed by atoms with E-state index in [0.29, 0.717) is 5.75 Å². The molecule has 20 heavy (non-hydrogen) atoms. The molecular weight excluding hydrogens is 316 g/mol. The van der Waals surface area contributed by atoms with Crippen molar-refractivity contribution in [3.63, 3.8) is 0 Å². The Morgan fingerprint density at radius 1 is 1.45 bits per heavy atom. The highest BCUT2D eigenvalue weighted by molar-refractivity contribution is 7.89. The number of aryl methyl sites for hydroxylation is 1. The lowest BCUT2D eigenvalue weighted by molar-refractivity contribution is 0.345. The summed E-state index contributed by atoms with van der Waals surface area (Å²) in [5.41, 5.74) is 0.983. The van der Waals surface area contributed by atoms with Gasteiger partial charge in [-0.2, -0.15) is 0 Å². The highest BCUT2D eigenvalue weighted by Crippen LogP contribution is 2.38. The van der Waals surface area contributed by atoms with Crippen LogP contribution in [0, 0.1) is 6.92 Å². The lowest BCUT2D eigenvalue weighted by atomic mass is 10.2. The summed E-state index contributed by atoms with van der Waals surface area (Å²) < 4.78 is 29.6. The smallest absolute Gasteiger partial charge is 0.212 e. The van der Waals surface area contributed by atoms with Gasteiger partial charge in [-0.25, -0.2) is 18.5 Å². The van der Waals surface area contributed by atoms with Crippen molar-refractivity contribution in [2.24, 2.45) is 5.14 Å². The minimum atomic E-state index is -3.50. The van der Waals surface area contributed by atoms with E-state index < -0.39 is 10.0 Å². The average molecular weight is 328 g/mol. The van der Waals surface area contributed by atoms with Crippen molar-refractivity contribution >= 4 is 53.0 Å². The summed E-state index contributed by atoms with van der Waals surface area (Å²) in [6, 6.07) is 3.87. The molecule has 0 aliphatic rings. The molecule has 106 valence electrons. The second kappa shape index (κ2) is 4.96. The fourth-order valence-corrected chi connectivity index (χ4v) is 4.12. The summed E-state index contributed by atoms with van der Waals surface area (Å²) in [6.45, 7) is 2.01. The number of hydrogen-bond donors (Lipinski definition) is 1. The summed E-state index contributed by atoms with van der Waals surface area (Å²) in [5, 5.41) is 8.91.